The Morgan fingerprint density at radius 2 is 1.88 bits per heavy atom. The van der Waals surface area contributed by atoms with E-state index in [-0.39, 0.29) is 5.91 Å². The number of amides is 2. The van der Waals surface area contributed by atoms with Crippen molar-refractivity contribution in [2.24, 2.45) is 5.73 Å². The molecule has 0 fully saturated rings. The molecule has 6 nitrogen and oxygen atoms in total. The number of fused-ring (bicyclic) bond motifs is 1. The molecule has 3 N–H and O–H groups in total. The van der Waals surface area contributed by atoms with Gasteiger partial charge in [-0.25, -0.2) is 0 Å². The van der Waals surface area contributed by atoms with Gasteiger partial charge in [-0.3, -0.25) is 9.59 Å². The van der Waals surface area contributed by atoms with Crippen LogP contribution in [0, 0.1) is 0 Å². The first-order valence-corrected chi connectivity index (χ1v) is 11.1. The zero-order valence-electron chi connectivity index (χ0n) is 18.7. The van der Waals surface area contributed by atoms with Crippen LogP contribution < -0.4 is 15.8 Å². The Kier molecular flexibility index (Phi) is 6.70. The number of carbonyl (C=O) groups is 2. The molecule has 0 saturated carbocycles. The van der Waals surface area contributed by atoms with Crippen LogP contribution in [0.15, 0.2) is 77.4 Å². The van der Waals surface area contributed by atoms with Gasteiger partial charge in [0.1, 0.15) is 11.3 Å². The summed E-state index contributed by atoms with van der Waals surface area (Å²) >= 11 is 6.04. The second-order valence-electron chi connectivity index (χ2n) is 7.70. The summed E-state index contributed by atoms with van der Waals surface area (Å²) in [6, 6.07) is 17.8. The Morgan fingerprint density at radius 3 is 2.59 bits per heavy atom. The average Bonchev–Trinajstić information content (AvgIpc) is 3.22. The highest BCUT2D eigenvalue weighted by Crippen LogP contribution is 2.37. The van der Waals surface area contributed by atoms with Crippen LogP contribution in [0.25, 0.3) is 27.7 Å². The molecule has 0 aliphatic carbocycles. The van der Waals surface area contributed by atoms with Crippen molar-refractivity contribution in [2.75, 3.05) is 11.9 Å². The number of carbonyl (C=O) groups excluding carboxylic acids is 2. The Hall–Kier alpha value is -4.03. The van der Waals surface area contributed by atoms with E-state index >= 15 is 0 Å². The predicted molar refractivity (Wildman–Crippen MR) is 135 cm³/mol. The van der Waals surface area contributed by atoms with Crippen LogP contribution in [0.4, 0.5) is 5.69 Å². The van der Waals surface area contributed by atoms with Crippen molar-refractivity contribution >= 4 is 45.6 Å². The van der Waals surface area contributed by atoms with Gasteiger partial charge in [-0.1, -0.05) is 29.8 Å². The Bertz CT molecular complexity index is 1400. The minimum atomic E-state index is -0.561. The number of rotatable bonds is 7. The van der Waals surface area contributed by atoms with Crippen LogP contribution in [0.5, 0.6) is 5.75 Å². The standard InChI is InChI=1S/C27H23ClN2O4/c1-3-33-24-14-25-22(23(15-34-25)17-7-9-19(28)10-8-17)13-21(24)16(2)11-26(31)30-20-6-4-5-18(12-20)27(29)32/h4-15H,3H2,1-2H3,(H2,29,32)(H,30,31)/b16-11+. The summed E-state index contributed by atoms with van der Waals surface area (Å²) in [6.45, 7) is 4.19. The molecule has 4 rings (SSSR count). The molecule has 4 aromatic rings. The Balaban J connectivity index is 1.70. The van der Waals surface area contributed by atoms with Gasteiger partial charge >= 0.3 is 0 Å². The molecule has 0 aliphatic heterocycles. The van der Waals surface area contributed by atoms with E-state index in [9.17, 15) is 9.59 Å². The van der Waals surface area contributed by atoms with Crippen molar-refractivity contribution in [3.8, 4) is 16.9 Å². The van der Waals surface area contributed by atoms with Crippen LogP contribution in [0.1, 0.15) is 29.8 Å². The van der Waals surface area contributed by atoms with Gasteiger partial charge in [0.15, 0.2) is 0 Å². The number of hydrogen-bond donors (Lipinski definition) is 2. The number of anilines is 1. The highest BCUT2D eigenvalue weighted by Gasteiger charge is 2.15. The van der Waals surface area contributed by atoms with Gasteiger partial charge in [-0.15, -0.1) is 0 Å². The third-order valence-electron chi connectivity index (χ3n) is 5.32. The molecule has 0 atom stereocenters. The van der Waals surface area contributed by atoms with Gasteiger partial charge in [0.25, 0.3) is 0 Å². The monoisotopic (exact) mass is 474 g/mol. The quantitative estimate of drug-likeness (QED) is 0.307. The fourth-order valence-corrected chi connectivity index (χ4v) is 3.82. The van der Waals surface area contributed by atoms with Crippen LogP contribution in [-0.4, -0.2) is 18.4 Å². The Labute approximate surface area is 202 Å². The number of benzene rings is 3. The lowest BCUT2D eigenvalue weighted by Gasteiger charge is -2.12. The number of ether oxygens (including phenoxy) is 1. The molecule has 0 radical (unpaired) electrons. The topological polar surface area (TPSA) is 94.6 Å². The van der Waals surface area contributed by atoms with Crippen molar-refractivity contribution in [1.29, 1.82) is 0 Å². The molecule has 0 saturated heterocycles. The van der Waals surface area contributed by atoms with Crippen molar-refractivity contribution in [3.05, 3.63) is 89.2 Å². The molecular weight excluding hydrogens is 452 g/mol. The third-order valence-corrected chi connectivity index (χ3v) is 5.57. The lowest BCUT2D eigenvalue weighted by atomic mass is 9.99. The maximum Gasteiger partial charge on any atom is 0.248 e. The molecule has 0 unspecified atom stereocenters. The van der Waals surface area contributed by atoms with Crippen LogP contribution in [-0.2, 0) is 4.79 Å². The number of hydrogen-bond acceptors (Lipinski definition) is 4. The minimum Gasteiger partial charge on any atom is -0.493 e. The first kappa shape index (κ1) is 23.1. The molecule has 34 heavy (non-hydrogen) atoms. The predicted octanol–water partition coefficient (Wildman–Crippen LogP) is 6.29. The summed E-state index contributed by atoms with van der Waals surface area (Å²) in [6.07, 6.45) is 3.19. The molecule has 0 aliphatic rings. The lowest BCUT2D eigenvalue weighted by molar-refractivity contribution is -0.111. The van der Waals surface area contributed by atoms with E-state index in [1.54, 1.807) is 24.5 Å². The summed E-state index contributed by atoms with van der Waals surface area (Å²) in [5, 5.41) is 4.32. The molecule has 1 aromatic heterocycles. The van der Waals surface area contributed by atoms with Gasteiger partial charge in [0, 0.05) is 44.9 Å². The van der Waals surface area contributed by atoms with Crippen LogP contribution in [0.3, 0.4) is 0 Å². The maximum absolute atomic E-state index is 12.7. The van der Waals surface area contributed by atoms with E-state index in [0.717, 1.165) is 22.1 Å². The summed E-state index contributed by atoms with van der Waals surface area (Å²) in [4.78, 5) is 24.1. The van der Waals surface area contributed by atoms with Gasteiger partial charge in [-0.05, 0) is 61.4 Å². The number of allylic oxidation sites excluding steroid dienone is 1. The average molecular weight is 475 g/mol. The van der Waals surface area contributed by atoms with E-state index in [1.807, 2.05) is 50.2 Å². The van der Waals surface area contributed by atoms with E-state index in [0.29, 0.717) is 39.8 Å². The zero-order chi connectivity index (χ0) is 24.2. The SMILES string of the molecule is CCOc1cc2occ(-c3ccc(Cl)cc3)c2cc1/C(C)=C/C(=O)Nc1cccc(C(N)=O)c1. The smallest absolute Gasteiger partial charge is 0.248 e. The van der Waals surface area contributed by atoms with Crippen molar-refractivity contribution in [2.45, 2.75) is 13.8 Å². The molecule has 7 heteroatoms. The molecule has 3 aromatic carbocycles. The normalized spacial score (nSPS) is 11.4. The minimum absolute atomic E-state index is 0.317. The second-order valence-corrected chi connectivity index (χ2v) is 8.13. The highest BCUT2D eigenvalue weighted by atomic mass is 35.5. The highest BCUT2D eigenvalue weighted by molar-refractivity contribution is 6.30. The second kappa shape index (κ2) is 9.85. The number of nitrogens with two attached hydrogens (primary N) is 1. The van der Waals surface area contributed by atoms with Gasteiger partial charge < -0.3 is 20.2 Å². The fraction of sp³-hybridized carbons (Fsp3) is 0.111. The van der Waals surface area contributed by atoms with Crippen molar-refractivity contribution < 1.29 is 18.7 Å². The first-order chi connectivity index (χ1) is 16.4. The molecule has 0 bridgehead atoms. The number of furan rings is 1. The van der Waals surface area contributed by atoms with E-state index in [2.05, 4.69) is 5.32 Å². The van der Waals surface area contributed by atoms with Gasteiger partial charge in [0.05, 0.1) is 12.9 Å². The molecule has 1 heterocycles. The maximum atomic E-state index is 12.7. The van der Waals surface area contributed by atoms with Crippen molar-refractivity contribution in [1.82, 2.24) is 0 Å². The fourth-order valence-electron chi connectivity index (χ4n) is 3.69. The first-order valence-electron chi connectivity index (χ1n) is 10.7. The summed E-state index contributed by atoms with van der Waals surface area (Å²) < 4.78 is 11.6. The van der Waals surface area contributed by atoms with E-state index < -0.39 is 5.91 Å². The largest absolute Gasteiger partial charge is 0.493 e. The zero-order valence-corrected chi connectivity index (χ0v) is 19.5. The van der Waals surface area contributed by atoms with Crippen LogP contribution >= 0.6 is 11.6 Å². The summed E-state index contributed by atoms with van der Waals surface area (Å²) in [7, 11) is 0. The number of primary amides is 1. The summed E-state index contributed by atoms with van der Waals surface area (Å²) in [5.74, 6) is -0.287. The molecule has 0 spiro atoms. The van der Waals surface area contributed by atoms with Gasteiger partial charge in [-0.2, -0.15) is 0 Å². The van der Waals surface area contributed by atoms with E-state index in [1.165, 1.54) is 12.1 Å². The van der Waals surface area contributed by atoms with Gasteiger partial charge in [0.2, 0.25) is 11.8 Å². The van der Waals surface area contributed by atoms with Crippen molar-refractivity contribution in [3.63, 3.8) is 0 Å². The lowest BCUT2D eigenvalue weighted by Crippen LogP contribution is -2.13. The molecule has 172 valence electrons. The number of halogens is 1. The van der Waals surface area contributed by atoms with E-state index in [4.69, 9.17) is 26.5 Å². The number of nitrogens with one attached hydrogen (secondary N) is 1. The third kappa shape index (κ3) is 4.97. The van der Waals surface area contributed by atoms with Crippen LogP contribution in [0.2, 0.25) is 5.02 Å². The summed E-state index contributed by atoms with van der Waals surface area (Å²) in [5.41, 5.74) is 10.1. The molecular formula is C27H23ClN2O4. The Morgan fingerprint density at radius 1 is 1.12 bits per heavy atom. The molecule has 2 amide bonds.